The molecule has 3 rings (SSSR count). The highest BCUT2D eigenvalue weighted by Gasteiger charge is 2.27. The molecule has 0 amide bonds. The van der Waals surface area contributed by atoms with E-state index in [0.29, 0.717) is 11.3 Å². The molecule has 0 radical (unpaired) electrons. The number of hydrogen-bond acceptors (Lipinski definition) is 2. The molecule has 0 bridgehead atoms. The zero-order valence-corrected chi connectivity index (χ0v) is 15.5. The van der Waals surface area contributed by atoms with Crippen molar-refractivity contribution in [3.63, 3.8) is 0 Å². The number of rotatable bonds is 5. The maximum atomic E-state index is 14.2. The molecule has 0 atom stereocenters. The van der Waals surface area contributed by atoms with E-state index < -0.39 is 15.8 Å². The Bertz CT molecular complexity index is 1020. The molecule has 0 aliphatic rings. The molecule has 0 aliphatic heterocycles. The van der Waals surface area contributed by atoms with E-state index in [1.165, 1.54) is 10.4 Å². The average molecular weight is 369 g/mol. The van der Waals surface area contributed by atoms with Crippen LogP contribution in [0.4, 0.5) is 10.1 Å². The Hall–Kier alpha value is -2.66. The van der Waals surface area contributed by atoms with Crippen LogP contribution in [0.3, 0.4) is 0 Å². The van der Waals surface area contributed by atoms with Crippen molar-refractivity contribution < 1.29 is 12.8 Å². The number of sulfonamides is 1. The van der Waals surface area contributed by atoms with Gasteiger partial charge in [-0.3, -0.25) is 4.31 Å². The number of halogens is 1. The molecule has 0 fully saturated rings. The molecule has 0 aliphatic carbocycles. The lowest BCUT2D eigenvalue weighted by atomic mass is 10.1. The fraction of sp³-hybridized carbons (Fsp3) is 0.143. The Morgan fingerprint density at radius 1 is 0.846 bits per heavy atom. The van der Waals surface area contributed by atoms with E-state index in [0.717, 1.165) is 11.1 Å². The maximum Gasteiger partial charge on any atom is 0.264 e. The molecular weight excluding hydrogens is 349 g/mol. The lowest BCUT2D eigenvalue weighted by Crippen LogP contribution is -2.31. The first kappa shape index (κ1) is 18.1. The summed E-state index contributed by atoms with van der Waals surface area (Å²) in [5.74, 6) is -0.425. The minimum atomic E-state index is -3.84. The van der Waals surface area contributed by atoms with Crippen LogP contribution >= 0.6 is 0 Å². The van der Waals surface area contributed by atoms with Crippen molar-refractivity contribution in [2.24, 2.45) is 0 Å². The van der Waals surface area contributed by atoms with Gasteiger partial charge >= 0.3 is 0 Å². The zero-order chi connectivity index (χ0) is 18.7. The largest absolute Gasteiger partial charge is 0.264 e. The van der Waals surface area contributed by atoms with E-state index in [-0.39, 0.29) is 11.4 Å². The van der Waals surface area contributed by atoms with E-state index in [4.69, 9.17) is 0 Å². The van der Waals surface area contributed by atoms with E-state index in [1.807, 2.05) is 26.0 Å². The molecule has 0 saturated carbocycles. The first-order valence-corrected chi connectivity index (χ1v) is 9.72. The summed E-state index contributed by atoms with van der Waals surface area (Å²) in [7, 11) is -3.84. The van der Waals surface area contributed by atoms with Crippen LogP contribution in [0, 0.1) is 19.7 Å². The zero-order valence-electron chi connectivity index (χ0n) is 14.7. The van der Waals surface area contributed by atoms with Crippen LogP contribution in [0.5, 0.6) is 0 Å². The summed E-state index contributed by atoms with van der Waals surface area (Å²) in [6.07, 6.45) is 0. The van der Waals surface area contributed by atoms with Crippen LogP contribution < -0.4 is 4.31 Å². The van der Waals surface area contributed by atoms with Crippen molar-refractivity contribution in [3.05, 3.63) is 95.3 Å². The summed E-state index contributed by atoms with van der Waals surface area (Å²) in [6, 6.07) is 19.9. The highest BCUT2D eigenvalue weighted by Crippen LogP contribution is 2.30. The van der Waals surface area contributed by atoms with Gasteiger partial charge in [0.25, 0.3) is 10.0 Å². The van der Waals surface area contributed by atoms with Gasteiger partial charge in [0, 0.05) is 5.56 Å². The van der Waals surface area contributed by atoms with Gasteiger partial charge < -0.3 is 0 Å². The Kier molecular flexibility index (Phi) is 5.09. The van der Waals surface area contributed by atoms with Crippen LogP contribution in [0.25, 0.3) is 0 Å². The van der Waals surface area contributed by atoms with Crippen molar-refractivity contribution in [3.8, 4) is 0 Å². The molecule has 0 unspecified atom stereocenters. The third kappa shape index (κ3) is 3.48. The molecular formula is C21H20FNO2S. The topological polar surface area (TPSA) is 37.4 Å². The number of anilines is 1. The van der Waals surface area contributed by atoms with Crippen LogP contribution in [0.1, 0.15) is 16.7 Å². The fourth-order valence-corrected chi connectivity index (χ4v) is 4.33. The van der Waals surface area contributed by atoms with Crippen molar-refractivity contribution in [2.75, 3.05) is 4.31 Å². The molecule has 0 aromatic heterocycles. The molecule has 3 aromatic rings. The second-order valence-electron chi connectivity index (χ2n) is 6.14. The Labute approximate surface area is 153 Å². The highest BCUT2D eigenvalue weighted by atomic mass is 32.2. The molecule has 3 aromatic carbocycles. The number of nitrogens with zero attached hydrogens (tertiary/aromatic N) is 1. The van der Waals surface area contributed by atoms with Crippen LogP contribution in [-0.4, -0.2) is 8.42 Å². The van der Waals surface area contributed by atoms with Crippen molar-refractivity contribution in [2.45, 2.75) is 25.3 Å². The predicted octanol–water partition coefficient (Wildman–Crippen LogP) is 4.84. The third-order valence-corrected chi connectivity index (χ3v) is 6.22. The summed E-state index contributed by atoms with van der Waals surface area (Å²) in [5, 5.41) is 0. The summed E-state index contributed by atoms with van der Waals surface area (Å²) in [5.41, 5.74) is 2.71. The minimum Gasteiger partial charge on any atom is -0.262 e. The molecule has 26 heavy (non-hydrogen) atoms. The molecule has 0 spiro atoms. The minimum absolute atomic E-state index is 0.0752. The number of hydrogen-bond donors (Lipinski definition) is 0. The SMILES string of the molecule is Cc1cccc(N(Cc2ccccc2F)S(=O)(=O)c2ccccc2)c1C. The summed E-state index contributed by atoms with van der Waals surface area (Å²) < 4.78 is 42.1. The van der Waals surface area contributed by atoms with E-state index in [9.17, 15) is 12.8 Å². The smallest absolute Gasteiger partial charge is 0.262 e. The van der Waals surface area contributed by atoms with Crippen molar-refractivity contribution in [1.29, 1.82) is 0 Å². The van der Waals surface area contributed by atoms with E-state index >= 15 is 0 Å². The van der Waals surface area contributed by atoms with Gasteiger partial charge in [-0.15, -0.1) is 0 Å². The summed E-state index contributed by atoms with van der Waals surface area (Å²) >= 11 is 0. The maximum absolute atomic E-state index is 14.2. The first-order valence-electron chi connectivity index (χ1n) is 8.28. The molecule has 0 heterocycles. The molecule has 0 N–H and O–H groups in total. The molecule has 3 nitrogen and oxygen atoms in total. The van der Waals surface area contributed by atoms with Gasteiger partial charge in [-0.1, -0.05) is 48.5 Å². The van der Waals surface area contributed by atoms with Crippen LogP contribution in [0.15, 0.2) is 77.7 Å². The first-order chi connectivity index (χ1) is 12.4. The van der Waals surface area contributed by atoms with Gasteiger partial charge in [0.05, 0.1) is 17.1 Å². The van der Waals surface area contributed by atoms with Crippen molar-refractivity contribution >= 4 is 15.7 Å². The van der Waals surface area contributed by atoms with E-state index in [2.05, 4.69) is 0 Å². The molecule has 5 heteroatoms. The molecule has 0 saturated heterocycles. The number of benzene rings is 3. The Morgan fingerprint density at radius 3 is 2.19 bits per heavy atom. The average Bonchev–Trinajstić information content (AvgIpc) is 2.64. The van der Waals surface area contributed by atoms with Gasteiger partial charge in [-0.2, -0.15) is 0 Å². The summed E-state index contributed by atoms with van der Waals surface area (Å²) in [6.45, 7) is 3.73. The van der Waals surface area contributed by atoms with Crippen molar-refractivity contribution in [1.82, 2.24) is 0 Å². The second-order valence-corrected chi connectivity index (χ2v) is 8.00. The Balaban J connectivity index is 2.17. The molecule has 134 valence electrons. The summed E-state index contributed by atoms with van der Waals surface area (Å²) in [4.78, 5) is 0.178. The number of aryl methyl sites for hydroxylation is 1. The normalized spacial score (nSPS) is 11.3. The predicted molar refractivity (Wildman–Crippen MR) is 102 cm³/mol. The highest BCUT2D eigenvalue weighted by molar-refractivity contribution is 7.92. The lowest BCUT2D eigenvalue weighted by Gasteiger charge is -2.27. The lowest BCUT2D eigenvalue weighted by molar-refractivity contribution is 0.585. The van der Waals surface area contributed by atoms with Gasteiger partial charge in [0.15, 0.2) is 0 Å². The third-order valence-electron chi connectivity index (χ3n) is 4.45. The van der Waals surface area contributed by atoms with Gasteiger partial charge in [0.1, 0.15) is 5.82 Å². The standard InChI is InChI=1S/C21H20FNO2S/c1-16-9-8-14-21(17(16)2)23(15-18-10-6-7-13-20(18)22)26(24,25)19-11-4-3-5-12-19/h3-14H,15H2,1-2H3. The van der Waals surface area contributed by atoms with Gasteiger partial charge in [0.2, 0.25) is 0 Å². The van der Waals surface area contributed by atoms with E-state index in [1.54, 1.807) is 54.6 Å². The second kappa shape index (κ2) is 7.30. The van der Waals surface area contributed by atoms with Crippen LogP contribution in [-0.2, 0) is 16.6 Å². The fourth-order valence-electron chi connectivity index (χ4n) is 2.81. The van der Waals surface area contributed by atoms with Crippen LogP contribution in [0.2, 0.25) is 0 Å². The quantitative estimate of drug-likeness (QED) is 0.645. The monoisotopic (exact) mass is 369 g/mol. The van der Waals surface area contributed by atoms with Gasteiger partial charge in [-0.25, -0.2) is 12.8 Å². The Morgan fingerprint density at radius 2 is 1.50 bits per heavy atom. The van der Waals surface area contributed by atoms with Gasteiger partial charge in [-0.05, 0) is 49.2 Å².